The summed E-state index contributed by atoms with van der Waals surface area (Å²) in [6.45, 7) is 6.03. The molecule has 0 aromatic heterocycles. The van der Waals surface area contributed by atoms with Crippen molar-refractivity contribution in [2.45, 2.75) is 110 Å². The third-order valence-electron chi connectivity index (χ3n) is 6.24. The second kappa shape index (κ2) is 23.6. The fraction of sp³-hybridized carbons (Fsp3) is 0.767. The SMILES string of the molecule is CCCCCCCCCCCCCOc1cccc(CC(COP(O)OCCN(C)C)OC(=O)CCC)c1. The molecule has 7 nitrogen and oxygen atoms in total. The molecule has 0 saturated carbocycles. The van der Waals surface area contributed by atoms with Gasteiger partial charge in [0.2, 0.25) is 0 Å². The van der Waals surface area contributed by atoms with Gasteiger partial charge in [0.15, 0.2) is 0 Å². The summed E-state index contributed by atoms with van der Waals surface area (Å²) in [6, 6.07) is 7.90. The number of carbonyl (C=O) groups excluding carboxylic acids is 1. The second-order valence-corrected chi connectivity index (χ2v) is 11.3. The molecular formula is C30H54NO6P. The van der Waals surface area contributed by atoms with E-state index in [9.17, 15) is 9.69 Å². The molecule has 0 aliphatic rings. The average Bonchev–Trinajstić information content (AvgIpc) is 2.88. The predicted molar refractivity (Wildman–Crippen MR) is 156 cm³/mol. The van der Waals surface area contributed by atoms with Crippen LogP contribution in [0.3, 0.4) is 0 Å². The molecule has 0 amide bonds. The molecule has 0 radical (unpaired) electrons. The van der Waals surface area contributed by atoms with Gasteiger partial charge >= 0.3 is 14.6 Å². The molecule has 2 unspecified atom stereocenters. The number of rotatable bonds is 25. The van der Waals surface area contributed by atoms with Gasteiger partial charge in [-0.3, -0.25) is 4.79 Å². The Hall–Kier alpha value is -1.24. The van der Waals surface area contributed by atoms with Gasteiger partial charge in [-0.05, 0) is 44.6 Å². The van der Waals surface area contributed by atoms with Gasteiger partial charge < -0.3 is 28.3 Å². The number of hydrogen-bond acceptors (Lipinski definition) is 7. The first-order valence-corrected chi connectivity index (χ1v) is 15.9. The first-order valence-electron chi connectivity index (χ1n) is 14.7. The Morgan fingerprint density at radius 2 is 1.55 bits per heavy atom. The van der Waals surface area contributed by atoms with E-state index in [4.69, 9.17) is 18.5 Å². The molecule has 0 fully saturated rings. The molecule has 0 spiro atoms. The molecule has 1 N–H and O–H groups in total. The fourth-order valence-electron chi connectivity index (χ4n) is 4.05. The van der Waals surface area contributed by atoms with Crippen LogP contribution in [0.25, 0.3) is 0 Å². The van der Waals surface area contributed by atoms with Crippen LogP contribution in [-0.4, -0.2) is 62.3 Å². The van der Waals surface area contributed by atoms with E-state index >= 15 is 0 Å². The lowest BCUT2D eigenvalue weighted by molar-refractivity contribution is -0.150. The van der Waals surface area contributed by atoms with Gasteiger partial charge in [0.25, 0.3) is 0 Å². The van der Waals surface area contributed by atoms with Crippen molar-refractivity contribution in [3.8, 4) is 5.75 Å². The van der Waals surface area contributed by atoms with Crippen LogP contribution < -0.4 is 4.74 Å². The molecular weight excluding hydrogens is 501 g/mol. The molecule has 0 aliphatic carbocycles. The quantitative estimate of drug-likeness (QED) is 0.0763. The Morgan fingerprint density at radius 3 is 2.18 bits per heavy atom. The zero-order valence-electron chi connectivity index (χ0n) is 24.5. The third kappa shape index (κ3) is 19.8. The molecule has 0 saturated heterocycles. The maximum absolute atomic E-state index is 12.1. The van der Waals surface area contributed by atoms with E-state index in [0.29, 0.717) is 32.6 Å². The Balaban J connectivity index is 2.37. The van der Waals surface area contributed by atoms with Gasteiger partial charge in [0, 0.05) is 19.4 Å². The van der Waals surface area contributed by atoms with E-state index in [1.807, 2.05) is 50.2 Å². The Bertz CT molecular complexity index is 705. The van der Waals surface area contributed by atoms with Crippen LogP contribution in [0, 0.1) is 0 Å². The summed E-state index contributed by atoms with van der Waals surface area (Å²) in [5.41, 5.74) is 0.995. The van der Waals surface area contributed by atoms with Crippen molar-refractivity contribution in [3.05, 3.63) is 29.8 Å². The first kappa shape index (κ1) is 34.8. The van der Waals surface area contributed by atoms with E-state index in [2.05, 4.69) is 6.92 Å². The van der Waals surface area contributed by atoms with E-state index in [1.54, 1.807) is 0 Å². The molecule has 1 rings (SSSR count). The van der Waals surface area contributed by atoms with Crippen molar-refractivity contribution >= 4 is 14.6 Å². The number of nitrogens with zero attached hydrogens (tertiary/aromatic N) is 1. The Morgan fingerprint density at radius 1 is 0.895 bits per heavy atom. The average molecular weight is 556 g/mol. The van der Waals surface area contributed by atoms with Crippen molar-refractivity contribution in [2.75, 3.05) is 40.5 Å². The number of benzene rings is 1. The van der Waals surface area contributed by atoms with Crippen molar-refractivity contribution in [1.29, 1.82) is 0 Å². The minimum absolute atomic E-state index is 0.0729. The minimum atomic E-state index is -2.02. The van der Waals surface area contributed by atoms with Gasteiger partial charge in [-0.15, -0.1) is 0 Å². The van der Waals surface area contributed by atoms with Crippen molar-refractivity contribution < 1.29 is 28.2 Å². The molecule has 2 atom stereocenters. The van der Waals surface area contributed by atoms with Crippen molar-refractivity contribution in [2.24, 2.45) is 0 Å². The van der Waals surface area contributed by atoms with E-state index in [0.717, 1.165) is 24.2 Å². The highest BCUT2D eigenvalue weighted by Gasteiger charge is 2.19. The topological polar surface area (TPSA) is 77.5 Å². The number of hydrogen-bond donors (Lipinski definition) is 1. The van der Waals surface area contributed by atoms with Gasteiger partial charge in [0.05, 0.1) is 19.8 Å². The number of likely N-dealkylation sites (N-methyl/N-ethyl adjacent to an activating group) is 1. The summed E-state index contributed by atoms with van der Waals surface area (Å²) in [5.74, 6) is 0.561. The zero-order valence-corrected chi connectivity index (χ0v) is 25.4. The number of ether oxygens (including phenoxy) is 2. The Labute approximate surface area is 233 Å². The Kier molecular flexibility index (Phi) is 21.6. The standard InChI is InChI=1S/C30H54NO6P/c1-5-7-8-9-10-11-12-13-14-15-16-22-34-28-20-17-19-27(24-28)25-29(37-30(32)18-6-2)26-36-38(33)35-23-21-31(3)4/h17,19-20,24,29,33H,5-16,18,21-23,25-26H2,1-4H3. The molecule has 0 heterocycles. The molecule has 1 aromatic rings. The number of unbranched alkanes of at least 4 members (excludes halogenated alkanes) is 10. The largest absolute Gasteiger partial charge is 0.494 e. The molecule has 0 aliphatic heterocycles. The van der Waals surface area contributed by atoms with E-state index in [-0.39, 0.29) is 12.6 Å². The van der Waals surface area contributed by atoms with E-state index < -0.39 is 14.7 Å². The van der Waals surface area contributed by atoms with Crippen LogP contribution in [0.5, 0.6) is 5.75 Å². The van der Waals surface area contributed by atoms with Crippen LogP contribution in [0.4, 0.5) is 0 Å². The lowest BCUT2D eigenvalue weighted by atomic mass is 10.1. The normalized spacial score (nSPS) is 13.0. The first-order chi connectivity index (χ1) is 18.4. The summed E-state index contributed by atoms with van der Waals surface area (Å²) in [6.07, 6.45) is 15.5. The smallest absolute Gasteiger partial charge is 0.330 e. The second-order valence-electron chi connectivity index (χ2n) is 10.3. The summed E-state index contributed by atoms with van der Waals surface area (Å²) < 4.78 is 22.4. The molecule has 8 heteroatoms. The molecule has 38 heavy (non-hydrogen) atoms. The highest BCUT2D eigenvalue weighted by molar-refractivity contribution is 7.40. The minimum Gasteiger partial charge on any atom is -0.494 e. The molecule has 220 valence electrons. The van der Waals surface area contributed by atoms with Crippen LogP contribution >= 0.6 is 8.60 Å². The van der Waals surface area contributed by atoms with Crippen molar-refractivity contribution in [3.63, 3.8) is 0 Å². The summed E-state index contributed by atoms with van der Waals surface area (Å²) in [7, 11) is 1.85. The van der Waals surface area contributed by atoms with Crippen molar-refractivity contribution in [1.82, 2.24) is 4.90 Å². The number of esters is 1. The highest BCUT2D eigenvalue weighted by atomic mass is 31.2. The summed E-state index contributed by atoms with van der Waals surface area (Å²) >= 11 is 0. The summed E-state index contributed by atoms with van der Waals surface area (Å²) in [4.78, 5) is 24.1. The number of carbonyl (C=O) groups is 1. The van der Waals surface area contributed by atoms with Crippen LogP contribution in [-0.2, 0) is 25.0 Å². The third-order valence-corrected chi connectivity index (χ3v) is 7.02. The summed E-state index contributed by atoms with van der Waals surface area (Å²) in [5, 5.41) is 0. The van der Waals surface area contributed by atoms with Gasteiger partial charge in [-0.2, -0.15) is 0 Å². The van der Waals surface area contributed by atoms with E-state index in [1.165, 1.54) is 64.2 Å². The maximum Gasteiger partial charge on any atom is 0.330 e. The lowest BCUT2D eigenvalue weighted by Gasteiger charge is -2.20. The van der Waals surface area contributed by atoms with Crippen LogP contribution in [0.1, 0.15) is 103 Å². The monoisotopic (exact) mass is 555 g/mol. The maximum atomic E-state index is 12.1. The molecule has 1 aromatic carbocycles. The zero-order chi connectivity index (χ0) is 27.8. The van der Waals surface area contributed by atoms with Gasteiger partial charge in [0.1, 0.15) is 11.9 Å². The lowest BCUT2D eigenvalue weighted by Crippen LogP contribution is -2.25. The highest BCUT2D eigenvalue weighted by Crippen LogP contribution is 2.33. The van der Waals surface area contributed by atoms with Gasteiger partial charge in [-0.1, -0.05) is 90.2 Å². The fourth-order valence-corrected chi connectivity index (χ4v) is 4.66. The van der Waals surface area contributed by atoms with Gasteiger partial charge in [-0.25, -0.2) is 0 Å². The van der Waals surface area contributed by atoms with Crippen LogP contribution in [0.2, 0.25) is 0 Å². The predicted octanol–water partition coefficient (Wildman–Crippen LogP) is 7.44. The van der Waals surface area contributed by atoms with Crippen LogP contribution in [0.15, 0.2) is 24.3 Å². The molecule has 0 bridgehead atoms.